The highest BCUT2D eigenvalue weighted by atomic mass is 32.1. The number of para-hydroxylation sites is 1. The standard InChI is InChI=1S/C24H26N4S/c1-6-28-18(5)20(19-9-7-8-10-22(19)28)13-25-27-24-26-21(14-29-24)23-16(3)11-15(2)12-17(23)4/h7-14H,6H2,1-5H3,(H,26,27)/b25-13-. The van der Waals surface area contributed by atoms with Crippen molar-refractivity contribution in [1.29, 1.82) is 0 Å². The van der Waals surface area contributed by atoms with Gasteiger partial charge >= 0.3 is 0 Å². The largest absolute Gasteiger partial charge is 0.344 e. The number of thiazole rings is 1. The molecular formula is C24H26N4S. The van der Waals surface area contributed by atoms with Crippen molar-refractivity contribution in [2.45, 2.75) is 41.2 Å². The van der Waals surface area contributed by atoms with E-state index in [1.807, 2.05) is 6.21 Å². The van der Waals surface area contributed by atoms with E-state index < -0.39 is 0 Å². The predicted molar refractivity (Wildman–Crippen MR) is 125 cm³/mol. The topological polar surface area (TPSA) is 42.2 Å². The fourth-order valence-corrected chi connectivity index (χ4v) is 4.85. The van der Waals surface area contributed by atoms with Gasteiger partial charge in [0.1, 0.15) is 0 Å². The third-order valence-electron chi connectivity index (χ3n) is 5.39. The number of aryl methyl sites for hydroxylation is 4. The Morgan fingerprint density at radius 3 is 2.55 bits per heavy atom. The molecule has 0 aliphatic heterocycles. The van der Waals surface area contributed by atoms with Gasteiger partial charge in [-0.05, 0) is 51.8 Å². The van der Waals surface area contributed by atoms with Gasteiger partial charge in [-0.3, -0.25) is 5.43 Å². The molecule has 2 aromatic heterocycles. The molecule has 4 nitrogen and oxygen atoms in total. The number of hydrazone groups is 1. The number of hydrogen-bond acceptors (Lipinski definition) is 4. The summed E-state index contributed by atoms with van der Waals surface area (Å²) in [5.74, 6) is 0. The molecule has 0 amide bonds. The first-order valence-corrected chi connectivity index (χ1v) is 10.8. The van der Waals surface area contributed by atoms with Gasteiger partial charge in [0.15, 0.2) is 0 Å². The summed E-state index contributed by atoms with van der Waals surface area (Å²) in [6.07, 6.45) is 1.91. The summed E-state index contributed by atoms with van der Waals surface area (Å²) in [6, 6.07) is 12.9. The smallest absolute Gasteiger partial charge is 0.203 e. The Kier molecular flexibility index (Phi) is 5.24. The second kappa shape index (κ2) is 7.84. The zero-order valence-corrected chi connectivity index (χ0v) is 18.4. The first-order chi connectivity index (χ1) is 14.0. The summed E-state index contributed by atoms with van der Waals surface area (Å²) in [5, 5.41) is 8.61. The molecule has 4 rings (SSSR count). The van der Waals surface area contributed by atoms with Crippen LogP contribution in [-0.4, -0.2) is 15.8 Å². The van der Waals surface area contributed by atoms with Gasteiger partial charge in [0.2, 0.25) is 5.13 Å². The molecule has 29 heavy (non-hydrogen) atoms. The minimum absolute atomic E-state index is 0.799. The fourth-order valence-electron chi connectivity index (χ4n) is 4.20. The van der Waals surface area contributed by atoms with Crippen LogP contribution in [0.3, 0.4) is 0 Å². The maximum Gasteiger partial charge on any atom is 0.203 e. The van der Waals surface area contributed by atoms with Gasteiger partial charge in [0.25, 0.3) is 0 Å². The van der Waals surface area contributed by atoms with E-state index in [0.717, 1.165) is 22.9 Å². The molecule has 0 unspecified atom stereocenters. The monoisotopic (exact) mass is 402 g/mol. The van der Waals surface area contributed by atoms with Crippen LogP contribution in [0.25, 0.3) is 22.2 Å². The first-order valence-electron chi connectivity index (χ1n) is 9.90. The molecule has 2 heterocycles. The van der Waals surface area contributed by atoms with E-state index in [4.69, 9.17) is 4.98 Å². The van der Waals surface area contributed by atoms with E-state index in [2.05, 4.69) is 91.5 Å². The van der Waals surface area contributed by atoms with E-state index in [1.54, 1.807) is 11.3 Å². The van der Waals surface area contributed by atoms with Gasteiger partial charge in [0.05, 0.1) is 11.9 Å². The van der Waals surface area contributed by atoms with Crippen molar-refractivity contribution in [2.75, 3.05) is 5.43 Å². The lowest BCUT2D eigenvalue weighted by Crippen LogP contribution is -1.97. The minimum atomic E-state index is 0.799. The molecule has 148 valence electrons. The Hall–Kier alpha value is -2.92. The summed E-state index contributed by atoms with van der Waals surface area (Å²) < 4.78 is 2.32. The van der Waals surface area contributed by atoms with Crippen molar-refractivity contribution in [1.82, 2.24) is 9.55 Å². The van der Waals surface area contributed by atoms with Crippen LogP contribution >= 0.6 is 11.3 Å². The molecule has 0 saturated carbocycles. The molecule has 0 aliphatic rings. The predicted octanol–water partition coefficient (Wildman–Crippen LogP) is 6.46. The lowest BCUT2D eigenvalue weighted by Gasteiger charge is -2.08. The molecular weight excluding hydrogens is 376 g/mol. The van der Waals surface area contributed by atoms with Crippen LogP contribution in [0, 0.1) is 27.7 Å². The number of nitrogens with one attached hydrogen (secondary N) is 1. The molecule has 0 atom stereocenters. The highest BCUT2D eigenvalue weighted by molar-refractivity contribution is 7.14. The number of fused-ring (bicyclic) bond motifs is 1. The molecule has 5 heteroatoms. The Labute approximate surface area is 175 Å². The van der Waals surface area contributed by atoms with E-state index in [0.29, 0.717) is 0 Å². The Bertz CT molecular complexity index is 1190. The average Bonchev–Trinajstić information content (AvgIpc) is 3.24. The van der Waals surface area contributed by atoms with Crippen molar-refractivity contribution < 1.29 is 0 Å². The summed E-state index contributed by atoms with van der Waals surface area (Å²) in [7, 11) is 0. The van der Waals surface area contributed by atoms with E-state index in [-0.39, 0.29) is 0 Å². The van der Waals surface area contributed by atoms with Crippen molar-refractivity contribution in [2.24, 2.45) is 5.10 Å². The van der Waals surface area contributed by atoms with Crippen molar-refractivity contribution in [3.8, 4) is 11.3 Å². The van der Waals surface area contributed by atoms with Gasteiger partial charge in [0, 0.05) is 39.6 Å². The molecule has 4 aromatic rings. The van der Waals surface area contributed by atoms with Gasteiger partial charge < -0.3 is 4.57 Å². The SMILES string of the molecule is CCn1c(C)c(/C=N\Nc2nc(-c3c(C)cc(C)cc3C)cs2)c2ccccc21. The highest BCUT2D eigenvalue weighted by Gasteiger charge is 2.12. The van der Waals surface area contributed by atoms with E-state index in [1.165, 1.54) is 38.9 Å². The van der Waals surface area contributed by atoms with Crippen LogP contribution in [0.2, 0.25) is 0 Å². The second-order valence-corrected chi connectivity index (χ2v) is 8.30. The normalized spacial score (nSPS) is 11.6. The summed E-state index contributed by atoms with van der Waals surface area (Å²) >= 11 is 1.58. The number of anilines is 1. The van der Waals surface area contributed by atoms with Gasteiger partial charge in [-0.2, -0.15) is 5.10 Å². The Morgan fingerprint density at radius 1 is 1.10 bits per heavy atom. The number of hydrogen-bond donors (Lipinski definition) is 1. The summed E-state index contributed by atoms with van der Waals surface area (Å²) in [6.45, 7) is 11.7. The Balaban J connectivity index is 1.60. The molecule has 0 fully saturated rings. The molecule has 1 N–H and O–H groups in total. The van der Waals surface area contributed by atoms with Crippen LogP contribution in [0.4, 0.5) is 5.13 Å². The van der Waals surface area contributed by atoms with Crippen molar-refractivity contribution in [3.05, 3.63) is 69.7 Å². The van der Waals surface area contributed by atoms with Gasteiger partial charge in [-0.1, -0.05) is 35.9 Å². The van der Waals surface area contributed by atoms with Gasteiger partial charge in [-0.25, -0.2) is 4.98 Å². The summed E-state index contributed by atoms with van der Waals surface area (Å²) in [4.78, 5) is 4.76. The maximum absolute atomic E-state index is 4.76. The van der Waals surface area contributed by atoms with Crippen molar-refractivity contribution in [3.63, 3.8) is 0 Å². The average molecular weight is 403 g/mol. The second-order valence-electron chi connectivity index (χ2n) is 7.44. The van der Waals surface area contributed by atoms with Gasteiger partial charge in [-0.15, -0.1) is 11.3 Å². The molecule has 0 saturated heterocycles. The lowest BCUT2D eigenvalue weighted by molar-refractivity contribution is 0.769. The van der Waals surface area contributed by atoms with Crippen LogP contribution in [0.5, 0.6) is 0 Å². The number of rotatable bonds is 5. The number of aromatic nitrogens is 2. The zero-order chi connectivity index (χ0) is 20.5. The third kappa shape index (κ3) is 3.58. The van der Waals surface area contributed by atoms with Crippen molar-refractivity contribution >= 4 is 33.6 Å². The summed E-state index contributed by atoms with van der Waals surface area (Å²) in [5.41, 5.74) is 12.8. The third-order valence-corrected chi connectivity index (χ3v) is 6.13. The molecule has 2 aromatic carbocycles. The van der Waals surface area contributed by atoms with Crippen LogP contribution in [-0.2, 0) is 6.54 Å². The first kappa shape index (κ1) is 19.4. The highest BCUT2D eigenvalue weighted by Crippen LogP contribution is 2.31. The van der Waals surface area contributed by atoms with Crippen LogP contribution in [0.15, 0.2) is 46.9 Å². The lowest BCUT2D eigenvalue weighted by atomic mass is 9.98. The molecule has 0 radical (unpaired) electrons. The maximum atomic E-state index is 4.76. The van der Waals surface area contributed by atoms with Crippen LogP contribution in [0.1, 0.15) is 34.9 Å². The minimum Gasteiger partial charge on any atom is -0.344 e. The van der Waals surface area contributed by atoms with Crippen LogP contribution < -0.4 is 5.43 Å². The number of benzene rings is 2. The van der Waals surface area contributed by atoms with E-state index >= 15 is 0 Å². The number of nitrogens with zero attached hydrogens (tertiary/aromatic N) is 3. The molecule has 0 bridgehead atoms. The fraction of sp³-hybridized carbons (Fsp3) is 0.250. The van der Waals surface area contributed by atoms with E-state index in [9.17, 15) is 0 Å². The molecule has 0 aliphatic carbocycles. The Morgan fingerprint density at radius 2 is 1.83 bits per heavy atom. The quantitative estimate of drug-likeness (QED) is 0.307. The zero-order valence-electron chi connectivity index (χ0n) is 17.6. The molecule has 0 spiro atoms.